The lowest BCUT2D eigenvalue weighted by Gasteiger charge is -2.08. The number of ether oxygens (including phenoxy) is 1. The molecule has 0 aromatic heterocycles. The van der Waals surface area contributed by atoms with E-state index in [1.165, 1.54) is 24.0 Å². The van der Waals surface area contributed by atoms with Crippen molar-refractivity contribution in [1.82, 2.24) is 5.32 Å². The van der Waals surface area contributed by atoms with E-state index in [1.807, 2.05) is 0 Å². The van der Waals surface area contributed by atoms with E-state index < -0.39 is 0 Å². The average Bonchev–Trinajstić information content (AvgIpc) is 3.00. The molecule has 0 heterocycles. The molecule has 0 atom stereocenters. The molecule has 0 amide bonds. The van der Waals surface area contributed by atoms with E-state index in [4.69, 9.17) is 4.74 Å². The van der Waals surface area contributed by atoms with E-state index in [9.17, 15) is 0 Å². The van der Waals surface area contributed by atoms with Gasteiger partial charge in [0.25, 0.3) is 0 Å². The molecule has 0 spiro atoms. The van der Waals surface area contributed by atoms with Crippen molar-refractivity contribution in [2.45, 2.75) is 32.4 Å². The largest absolute Gasteiger partial charge is 0.496 e. The van der Waals surface area contributed by atoms with Crippen LogP contribution in [0.4, 0.5) is 0 Å². The maximum absolute atomic E-state index is 5.28. The summed E-state index contributed by atoms with van der Waals surface area (Å²) in [5.41, 5.74) is 2.50. The fraction of sp³-hybridized carbons (Fsp3) is 0.500. The van der Waals surface area contributed by atoms with Gasteiger partial charge in [-0.1, -0.05) is 12.1 Å². The smallest absolute Gasteiger partial charge is 0.122 e. The van der Waals surface area contributed by atoms with Crippen LogP contribution < -0.4 is 10.1 Å². The fourth-order valence-electron chi connectivity index (χ4n) is 1.52. The first kappa shape index (κ1) is 9.53. The average molecular weight is 191 g/mol. The molecule has 2 nitrogen and oxygen atoms in total. The van der Waals surface area contributed by atoms with Gasteiger partial charge in [0, 0.05) is 12.6 Å². The van der Waals surface area contributed by atoms with Gasteiger partial charge >= 0.3 is 0 Å². The molecule has 14 heavy (non-hydrogen) atoms. The first-order valence-electron chi connectivity index (χ1n) is 5.16. The van der Waals surface area contributed by atoms with Crippen molar-refractivity contribution in [2.24, 2.45) is 0 Å². The molecule has 76 valence electrons. The zero-order valence-electron chi connectivity index (χ0n) is 8.84. The van der Waals surface area contributed by atoms with Crippen molar-refractivity contribution < 1.29 is 4.74 Å². The lowest BCUT2D eigenvalue weighted by molar-refractivity contribution is 0.411. The number of methoxy groups -OCH3 is 1. The van der Waals surface area contributed by atoms with Crippen LogP contribution in [-0.2, 0) is 6.54 Å². The summed E-state index contributed by atoms with van der Waals surface area (Å²) in [6.07, 6.45) is 2.67. The van der Waals surface area contributed by atoms with Crippen molar-refractivity contribution in [2.75, 3.05) is 7.11 Å². The molecule has 1 aromatic rings. The molecule has 0 radical (unpaired) electrons. The Kier molecular flexibility index (Phi) is 2.73. The Morgan fingerprint density at radius 1 is 1.43 bits per heavy atom. The lowest BCUT2D eigenvalue weighted by atomic mass is 10.1. The van der Waals surface area contributed by atoms with Crippen LogP contribution in [0.3, 0.4) is 0 Å². The fourth-order valence-corrected chi connectivity index (χ4v) is 1.52. The van der Waals surface area contributed by atoms with Crippen molar-refractivity contribution in [3.05, 3.63) is 29.3 Å². The maximum atomic E-state index is 5.28. The normalized spacial score (nSPS) is 15.6. The highest BCUT2D eigenvalue weighted by Gasteiger charge is 2.19. The first-order valence-corrected chi connectivity index (χ1v) is 5.16. The number of aryl methyl sites for hydroxylation is 1. The van der Waals surface area contributed by atoms with Crippen LogP contribution in [0.25, 0.3) is 0 Å². The van der Waals surface area contributed by atoms with Crippen molar-refractivity contribution in [3.63, 3.8) is 0 Å². The number of benzene rings is 1. The highest BCUT2D eigenvalue weighted by atomic mass is 16.5. The molecule has 2 rings (SSSR count). The third-order valence-electron chi connectivity index (χ3n) is 2.64. The van der Waals surface area contributed by atoms with Crippen molar-refractivity contribution in [3.8, 4) is 5.75 Å². The summed E-state index contributed by atoms with van der Waals surface area (Å²) in [5.74, 6) is 0.986. The number of hydrogen-bond acceptors (Lipinski definition) is 2. The van der Waals surface area contributed by atoms with Crippen LogP contribution in [0.2, 0.25) is 0 Å². The summed E-state index contributed by atoms with van der Waals surface area (Å²) >= 11 is 0. The molecule has 1 aliphatic carbocycles. The second kappa shape index (κ2) is 4.01. The van der Waals surface area contributed by atoms with E-state index in [1.54, 1.807) is 7.11 Å². The van der Waals surface area contributed by atoms with Crippen LogP contribution in [-0.4, -0.2) is 13.2 Å². The standard InChI is InChI=1S/C12H17NO/c1-9-3-4-10(7-12(9)14-2)8-13-11-5-6-11/h3-4,7,11,13H,5-6,8H2,1-2H3. The maximum Gasteiger partial charge on any atom is 0.122 e. The van der Waals surface area contributed by atoms with Crippen molar-refractivity contribution >= 4 is 0 Å². The first-order chi connectivity index (χ1) is 6.79. The number of hydrogen-bond donors (Lipinski definition) is 1. The van der Waals surface area contributed by atoms with Gasteiger partial charge in [0.15, 0.2) is 0 Å². The van der Waals surface area contributed by atoms with Crippen molar-refractivity contribution in [1.29, 1.82) is 0 Å². The summed E-state index contributed by atoms with van der Waals surface area (Å²) in [4.78, 5) is 0. The van der Waals surface area contributed by atoms with Gasteiger partial charge in [0.05, 0.1) is 7.11 Å². The second-order valence-corrected chi connectivity index (χ2v) is 3.96. The summed E-state index contributed by atoms with van der Waals surface area (Å²) < 4.78 is 5.28. The number of rotatable bonds is 4. The minimum Gasteiger partial charge on any atom is -0.496 e. The topological polar surface area (TPSA) is 21.3 Å². The van der Waals surface area contributed by atoms with E-state index in [0.717, 1.165) is 18.3 Å². The van der Waals surface area contributed by atoms with Gasteiger partial charge in [0.2, 0.25) is 0 Å². The zero-order chi connectivity index (χ0) is 9.97. The quantitative estimate of drug-likeness (QED) is 0.788. The molecule has 1 aromatic carbocycles. The van der Waals surface area contributed by atoms with Crippen LogP contribution >= 0.6 is 0 Å². The Balaban J connectivity index is 2.01. The minimum absolute atomic E-state index is 0.766. The molecule has 2 heteroatoms. The van der Waals surface area contributed by atoms with Gasteiger partial charge < -0.3 is 10.1 Å². The summed E-state index contributed by atoms with van der Waals surface area (Å²) in [6, 6.07) is 7.16. The predicted octanol–water partition coefficient (Wildman–Crippen LogP) is 2.26. The summed E-state index contributed by atoms with van der Waals surface area (Å²) in [7, 11) is 1.72. The molecule has 0 bridgehead atoms. The SMILES string of the molecule is COc1cc(CNC2CC2)ccc1C. The van der Waals surface area contributed by atoms with Gasteiger partial charge in [-0.05, 0) is 37.0 Å². The molecule has 0 aliphatic heterocycles. The Bertz CT molecular complexity index is 318. The van der Waals surface area contributed by atoms with Gasteiger partial charge in [-0.3, -0.25) is 0 Å². The molecule has 1 aliphatic rings. The highest BCUT2D eigenvalue weighted by Crippen LogP contribution is 2.21. The monoisotopic (exact) mass is 191 g/mol. The Hall–Kier alpha value is -1.02. The Morgan fingerprint density at radius 3 is 2.86 bits per heavy atom. The molecule has 0 saturated heterocycles. The van der Waals surface area contributed by atoms with Gasteiger partial charge in [0.1, 0.15) is 5.75 Å². The van der Waals surface area contributed by atoms with Crippen LogP contribution in [0, 0.1) is 6.92 Å². The van der Waals surface area contributed by atoms with Crippen LogP contribution in [0.15, 0.2) is 18.2 Å². The van der Waals surface area contributed by atoms with Gasteiger partial charge in [-0.15, -0.1) is 0 Å². The predicted molar refractivity (Wildman–Crippen MR) is 57.6 cm³/mol. The zero-order valence-corrected chi connectivity index (χ0v) is 8.84. The lowest BCUT2D eigenvalue weighted by Crippen LogP contribution is -2.15. The van der Waals surface area contributed by atoms with Gasteiger partial charge in [-0.25, -0.2) is 0 Å². The van der Waals surface area contributed by atoms with E-state index in [0.29, 0.717) is 0 Å². The van der Waals surface area contributed by atoms with Crippen LogP contribution in [0.1, 0.15) is 24.0 Å². The summed E-state index contributed by atoms with van der Waals surface area (Å²) in [5, 5.41) is 3.49. The minimum atomic E-state index is 0.766. The van der Waals surface area contributed by atoms with E-state index >= 15 is 0 Å². The molecular weight excluding hydrogens is 174 g/mol. The molecular formula is C12H17NO. The highest BCUT2D eigenvalue weighted by molar-refractivity contribution is 5.36. The molecule has 1 saturated carbocycles. The molecule has 0 unspecified atom stereocenters. The third-order valence-corrected chi connectivity index (χ3v) is 2.64. The van der Waals surface area contributed by atoms with E-state index in [-0.39, 0.29) is 0 Å². The van der Waals surface area contributed by atoms with Crippen LogP contribution in [0.5, 0.6) is 5.75 Å². The number of nitrogens with one attached hydrogen (secondary N) is 1. The molecule has 1 N–H and O–H groups in total. The summed E-state index contributed by atoms with van der Waals surface area (Å²) in [6.45, 7) is 3.03. The molecule has 1 fully saturated rings. The van der Waals surface area contributed by atoms with Gasteiger partial charge in [-0.2, -0.15) is 0 Å². The third kappa shape index (κ3) is 2.26. The Morgan fingerprint density at radius 2 is 2.21 bits per heavy atom. The van der Waals surface area contributed by atoms with E-state index in [2.05, 4.69) is 30.4 Å². The second-order valence-electron chi connectivity index (χ2n) is 3.96. The Labute approximate surface area is 85.3 Å².